The fourth-order valence-electron chi connectivity index (χ4n) is 2.20. The van der Waals surface area contributed by atoms with E-state index in [0.717, 1.165) is 19.0 Å². The zero-order chi connectivity index (χ0) is 14.0. The number of likely N-dealkylation sites (tertiary alicyclic amines) is 1. The zero-order valence-corrected chi connectivity index (χ0v) is 10.7. The van der Waals surface area contributed by atoms with Crippen LogP contribution >= 0.6 is 0 Å². The Labute approximate surface area is 110 Å². The molecule has 1 saturated heterocycles. The third-order valence-electron chi connectivity index (χ3n) is 3.26. The summed E-state index contributed by atoms with van der Waals surface area (Å²) < 4.78 is 0. The molecule has 1 aliphatic rings. The van der Waals surface area contributed by atoms with E-state index in [-0.39, 0.29) is 23.2 Å². The van der Waals surface area contributed by atoms with E-state index in [9.17, 15) is 14.9 Å². The quantitative estimate of drug-likeness (QED) is 0.630. The molecule has 7 heteroatoms. The van der Waals surface area contributed by atoms with Crippen LogP contribution in [-0.2, 0) is 0 Å². The van der Waals surface area contributed by atoms with E-state index in [1.165, 1.54) is 6.07 Å². The van der Waals surface area contributed by atoms with E-state index in [0.29, 0.717) is 18.8 Å². The summed E-state index contributed by atoms with van der Waals surface area (Å²) in [7, 11) is 0. The van der Waals surface area contributed by atoms with E-state index in [4.69, 9.17) is 5.73 Å². The number of amides is 1. The van der Waals surface area contributed by atoms with Crippen LogP contribution in [0.1, 0.15) is 28.9 Å². The smallest absolute Gasteiger partial charge is 0.288 e. The Morgan fingerprint density at radius 2 is 2.37 bits per heavy atom. The van der Waals surface area contributed by atoms with Crippen LogP contribution in [-0.4, -0.2) is 39.8 Å². The van der Waals surface area contributed by atoms with Gasteiger partial charge < -0.3 is 10.6 Å². The third-order valence-corrected chi connectivity index (χ3v) is 3.26. The summed E-state index contributed by atoms with van der Waals surface area (Å²) in [6.07, 6.45) is 2.91. The van der Waals surface area contributed by atoms with Crippen molar-refractivity contribution in [3.63, 3.8) is 0 Å². The fraction of sp³-hybridized carbons (Fsp3) is 0.500. The van der Waals surface area contributed by atoms with Crippen LogP contribution in [0.4, 0.5) is 5.69 Å². The molecule has 2 heterocycles. The van der Waals surface area contributed by atoms with Gasteiger partial charge in [0.15, 0.2) is 0 Å². The largest absolute Gasteiger partial charge is 0.337 e. The summed E-state index contributed by atoms with van der Waals surface area (Å²) in [4.78, 5) is 28.1. The standard InChI is InChI=1S/C12H16N4O3/c1-8-11(5-10(6-14-8)16(18)19)12(17)15-4-2-3-9(13)7-15/h5-6,9H,2-4,7,13H2,1H3. The van der Waals surface area contributed by atoms with E-state index in [1.807, 2.05) is 0 Å². The molecule has 0 aliphatic carbocycles. The Bertz CT molecular complexity index is 518. The first kappa shape index (κ1) is 13.4. The summed E-state index contributed by atoms with van der Waals surface area (Å²) >= 11 is 0. The molecule has 0 bridgehead atoms. The minimum atomic E-state index is -0.550. The molecule has 1 aliphatic heterocycles. The predicted molar refractivity (Wildman–Crippen MR) is 68.7 cm³/mol. The van der Waals surface area contributed by atoms with E-state index in [2.05, 4.69) is 4.98 Å². The molecule has 1 fully saturated rings. The predicted octanol–water partition coefficient (Wildman–Crippen LogP) is 0.862. The van der Waals surface area contributed by atoms with Crippen LogP contribution in [0, 0.1) is 17.0 Å². The monoisotopic (exact) mass is 264 g/mol. The Hall–Kier alpha value is -2.02. The molecule has 0 spiro atoms. The van der Waals surface area contributed by atoms with Crippen molar-refractivity contribution in [2.24, 2.45) is 5.73 Å². The van der Waals surface area contributed by atoms with E-state index in [1.54, 1.807) is 11.8 Å². The maximum atomic E-state index is 12.3. The number of carbonyl (C=O) groups is 1. The van der Waals surface area contributed by atoms with Gasteiger partial charge in [0.05, 0.1) is 16.2 Å². The number of pyridine rings is 1. The number of piperidine rings is 1. The van der Waals surface area contributed by atoms with Crippen LogP contribution in [0.15, 0.2) is 12.3 Å². The van der Waals surface area contributed by atoms with Gasteiger partial charge in [-0.25, -0.2) is 0 Å². The van der Waals surface area contributed by atoms with Crippen molar-refractivity contribution in [2.45, 2.75) is 25.8 Å². The van der Waals surface area contributed by atoms with Gasteiger partial charge in [0.2, 0.25) is 0 Å². The molecule has 0 radical (unpaired) electrons. The molecule has 7 nitrogen and oxygen atoms in total. The van der Waals surface area contributed by atoms with Crippen molar-refractivity contribution in [2.75, 3.05) is 13.1 Å². The topological polar surface area (TPSA) is 102 Å². The molecule has 102 valence electrons. The number of hydrogen-bond donors (Lipinski definition) is 1. The average molecular weight is 264 g/mol. The lowest BCUT2D eigenvalue weighted by atomic mass is 10.0. The lowest BCUT2D eigenvalue weighted by molar-refractivity contribution is -0.385. The van der Waals surface area contributed by atoms with E-state index < -0.39 is 4.92 Å². The maximum absolute atomic E-state index is 12.3. The highest BCUT2D eigenvalue weighted by atomic mass is 16.6. The molecule has 2 rings (SSSR count). The minimum Gasteiger partial charge on any atom is -0.337 e. The van der Waals surface area contributed by atoms with E-state index >= 15 is 0 Å². The highest BCUT2D eigenvalue weighted by molar-refractivity contribution is 5.95. The van der Waals surface area contributed by atoms with Gasteiger partial charge in [0, 0.05) is 25.2 Å². The molecular weight excluding hydrogens is 248 g/mol. The van der Waals surface area contributed by atoms with Crippen LogP contribution in [0.2, 0.25) is 0 Å². The highest BCUT2D eigenvalue weighted by Gasteiger charge is 2.25. The number of hydrogen-bond acceptors (Lipinski definition) is 5. The molecule has 1 unspecified atom stereocenters. The van der Waals surface area contributed by atoms with Gasteiger partial charge in [-0.3, -0.25) is 19.9 Å². The second-order valence-electron chi connectivity index (χ2n) is 4.74. The van der Waals surface area contributed by atoms with Crippen LogP contribution < -0.4 is 5.73 Å². The molecule has 1 aromatic rings. The maximum Gasteiger partial charge on any atom is 0.288 e. The molecule has 1 amide bonds. The van der Waals surface area contributed by atoms with Crippen LogP contribution in [0.5, 0.6) is 0 Å². The SMILES string of the molecule is Cc1ncc([N+](=O)[O-])cc1C(=O)N1CCCC(N)C1. The molecule has 19 heavy (non-hydrogen) atoms. The van der Waals surface area contributed by atoms with Crippen molar-refractivity contribution in [3.05, 3.63) is 33.6 Å². The lowest BCUT2D eigenvalue weighted by Gasteiger charge is -2.31. The van der Waals surface area contributed by atoms with Crippen molar-refractivity contribution >= 4 is 11.6 Å². The van der Waals surface area contributed by atoms with Gasteiger partial charge in [-0.2, -0.15) is 0 Å². The Kier molecular flexibility index (Phi) is 3.75. The number of nitrogens with zero attached hydrogens (tertiary/aromatic N) is 3. The Morgan fingerprint density at radius 1 is 1.63 bits per heavy atom. The number of nitro groups is 1. The van der Waals surface area contributed by atoms with Crippen molar-refractivity contribution < 1.29 is 9.72 Å². The number of rotatable bonds is 2. The fourth-order valence-corrected chi connectivity index (χ4v) is 2.20. The zero-order valence-electron chi connectivity index (χ0n) is 10.7. The normalized spacial score (nSPS) is 19.3. The second kappa shape index (κ2) is 5.31. The van der Waals surface area contributed by atoms with Gasteiger partial charge in [0.1, 0.15) is 6.20 Å². The Morgan fingerprint density at radius 3 is 3.00 bits per heavy atom. The first-order valence-electron chi connectivity index (χ1n) is 6.15. The average Bonchev–Trinajstić information content (AvgIpc) is 2.38. The summed E-state index contributed by atoms with van der Waals surface area (Å²) in [5, 5.41) is 10.7. The summed E-state index contributed by atoms with van der Waals surface area (Å²) in [6.45, 7) is 2.79. The van der Waals surface area contributed by atoms with Crippen LogP contribution in [0.25, 0.3) is 0 Å². The molecule has 2 N–H and O–H groups in total. The number of nitrogens with two attached hydrogens (primary N) is 1. The van der Waals surface area contributed by atoms with Crippen molar-refractivity contribution in [1.29, 1.82) is 0 Å². The van der Waals surface area contributed by atoms with Gasteiger partial charge in [-0.05, 0) is 19.8 Å². The number of carbonyl (C=O) groups excluding carboxylic acids is 1. The molecule has 0 saturated carbocycles. The number of aromatic nitrogens is 1. The summed E-state index contributed by atoms with van der Waals surface area (Å²) in [6, 6.07) is 1.26. The number of aryl methyl sites for hydroxylation is 1. The molecular formula is C12H16N4O3. The van der Waals surface area contributed by atoms with Gasteiger partial charge in [-0.1, -0.05) is 0 Å². The summed E-state index contributed by atoms with van der Waals surface area (Å²) in [5.41, 5.74) is 6.44. The van der Waals surface area contributed by atoms with Crippen molar-refractivity contribution in [1.82, 2.24) is 9.88 Å². The molecule has 1 atom stereocenters. The van der Waals surface area contributed by atoms with Gasteiger partial charge in [-0.15, -0.1) is 0 Å². The first-order valence-corrected chi connectivity index (χ1v) is 6.15. The Balaban J connectivity index is 2.27. The van der Waals surface area contributed by atoms with Gasteiger partial charge in [0.25, 0.3) is 11.6 Å². The summed E-state index contributed by atoms with van der Waals surface area (Å²) in [5.74, 6) is -0.233. The lowest BCUT2D eigenvalue weighted by Crippen LogP contribution is -2.45. The minimum absolute atomic E-state index is 0.0235. The van der Waals surface area contributed by atoms with Gasteiger partial charge >= 0.3 is 0 Å². The van der Waals surface area contributed by atoms with Crippen LogP contribution in [0.3, 0.4) is 0 Å². The first-order chi connectivity index (χ1) is 8.99. The molecule has 0 aromatic carbocycles. The second-order valence-corrected chi connectivity index (χ2v) is 4.74. The highest BCUT2D eigenvalue weighted by Crippen LogP contribution is 2.18. The third kappa shape index (κ3) is 2.87. The molecule has 1 aromatic heterocycles. The van der Waals surface area contributed by atoms with Crippen molar-refractivity contribution in [3.8, 4) is 0 Å².